The van der Waals surface area contributed by atoms with E-state index in [1.54, 1.807) is 0 Å². The number of hydrogen-bond donors (Lipinski definition) is 1. The number of aryl methyl sites for hydroxylation is 2. The quantitative estimate of drug-likeness (QED) is 0.868. The highest BCUT2D eigenvalue weighted by molar-refractivity contribution is 5.91. The van der Waals surface area contributed by atoms with Gasteiger partial charge in [-0.1, -0.05) is 18.2 Å². The topological polar surface area (TPSA) is 55.9 Å². The van der Waals surface area contributed by atoms with E-state index in [1.165, 1.54) is 0 Å². The van der Waals surface area contributed by atoms with Gasteiger partial charge in [-0.25, -0.2) is 4.79 Å². The second-order valence-corrected chi connectivity index (χ2v) is 7.99. The van der Waals surface area contributed by atoms with Crippen LogP contribution in [0.25, 0.3) is 0 Å². The van der Waals surface area contributed by atoms with Crippen molar-refractivity contribution in [3.8, 4) is 0 Å². The SMILES string of the molecule is CCN1CC[C@@]2(CCC1=O)CN(C(=O)Nc1c(C)cccc1C)CCN2C. The van der Waals surface area contributed by atoms with Crippen LogP contribution in [0.15, 0.2) is 18.2 Å². The van der Waals surface area contributed by atoms with Crippen LogP contribution in [0.2, 0.25) is 0 Å². The standard InChI is InChI=1S/C21H32N4O2/c1-5-24-12-11-21(10-9-18(24)26)15-25(14-13-23(21)4)20(27)22-19-16(2)7-6-8-17(19)3/h6-8H,5,9-15H2,1-4H3,(H,22,27)/t21-/m0/s1. The van der Waals surface area contributed by atoms with Crippen molar-refractivity contribution in [2.75, 3.05) is 45.1 Å². The minimum atomic E-state index is -0.115. The Hall–Kier alpha value is -2.08. The number of likely N-dealkylation sites (N-methyl/N-ethyl adjacent to an activating group) is 1. The molecule has 3 rings (SSSR count). The van der Waals surface area contributed by atoms with Gasteiger partial charge in [0.15, 0.2) is 0 Å². The van der Waals surface area contributed by atoms with E-state index in [0.717, 1.165) is 49.3 Å². The molecule has 1 spiro atoms. The highest BCUT2D eigenvalue weighted by Crippen LogP contribution is 2.32. The zero-order chi connectivity index (χ0) is 19.6. The number of para-hydroxylation sites is 1. The van der Waals surface area contributed by atoms with E-state index in [-0.39, 0.29) is 17.5 Å². The monoisotopic (exact) mass is 372 g/mol. The summed E-state index contributed by atoms with van der Waals surface area (Å²) in [6, 6.07) is 6.00. The molecule has 148 valence electrons. The fraction of sp³-hybridized carbons (Fsp3) is 0.619. The molecule has 0 aromatic heterocycles. The maximum Gasteiger partial charge on any atom is 0.321 e. The van der Waals surface area contributed by atoms with Crippen molar-refractivity contribution >= 4 is 17.6 Å². The first-order chi connectivity index (χ1) is 12.9. The summed E-state index contributed by atoms with van der Waals surface area (Å²) in [5.74, 6) is 0.236. The molecule has 6 heteroatoms. The van der Waals surface area contributed by atoms with E-state index < -0.39 is 0 Å². The molecule has 2 saturated heterocycles. The first kappa shape index (κ1) is 19.7. The van der Waals surface area contributed by atoms with E-state index in [4.69, 9.17) is 0 Å². The largest absolute Gasteiger partial charge is 0.343 e. The molecule has 1 atom stereocenters. The van der Waals surface area contributed by atoms with Gasteiger partial charge >= 0.3 is 6.03 Å². The van der Waals surface area contributed by atoms with E-state index in [1.807, 2.05) is 48.8 Å². The molecular weight excluding hydrogens is 340 g/mol. The van der Waals surface area contributed by atoms with Crippen LogP contribution in [-0.4, -0.2) is 71.9 Å². The van der Waals surface area contributed by atoms with Crippen LogP contribution in [0.1, 0.15) is 37.3 Å². The average molecular weight is 373 g/mol. The molecule has 6 nitrogen and oxygen atoms in total. The van der Waals surface area contributed by atoms with Crippen molar-refractivity contribution in [3.63, 3.8) is 0 Å². The van der Waals surface area contributed by atoms with E-state index in [2.05, 4.69) is 17.3 Å². The summed E-state index contributed by atoms with van der Waals surface area (Å²) in [6.07, 6.45) is 2.28. The third kappa shape index (κ3) is 3.95. The summed E-state index contributed by atoms with van der Waals surface area (Å²) >= 11 is 0. The van der Waals surface area contributed by atoms with Gasteiger partial charge in [-0.3, -0.25) is 9.69 Å². The summed E-state index contributed by atoms with van der Waals surface area (Å²) < 4.78 is 0. The Bertz CT molecular complexity index is 700. The Balaban J connectivity index is 1.75. The predicted molar refractivity (Wildman–Crippen MR) is 108 cm³/mol. The number of likely N-dealkylation sites (tertiary alicyclic amines) is 1. The van der Waals surface area contributed by atoms with Crippen LogP contribution < -0.4 is 5.32 Å². The van der Waals surface area contributed by atoms with Gasteiger partial charge in [0.1, 0.15) is 0 Å². The summed E-state index contributed by atoms with van der Waals surface area (Å²) in [7, 11) is 2.13. The van der Waals surface area contributed by atoms with Crippen molar-refractivity contribution in [1.29, 1.82) is 0 Å². The number of anilines is 1. The molecule has 1 N–H and O–H groups in total. The molecule has 0 bridgehead atoms. The number of amides is 3. The molecule has 3 amide bonds. The highest BCUT2D eigenvalue weighted by atomic mass is 16.2. The van der Waals surface area contributed by atoms with Crippen LogP contribution in [0, 0.1) is 13.8 Å². The Morgan fingerprint density at radius 2 is 1.85 bits per heavy atom. The van der Waals surface area contributed by atoms with E-state index in [0.29, 0.717) is 19.5 Å². The average Bonchev–Trinajstić information content (AvgIpc) is 2.80. The lowest BCUT2D eigenvalue weighted by Gasteiger charge is -2.49. The van der Waals surface area contributed by atoms with E-state index >= 15 is 0 Å². The lowest BCUT2D eigenvalue weighted by molar-refractivity contribution is -0.130. The third-order valence-corrected chi connectivity index (χ3v) is 6.39. The Kier molecular flexibility index (Phi) is 5.75. The molecule has 1 aromatic rings. The van der Waals surface area contributed by atoms with Gasteiger partial charge in [0.25, 0.3) is 0 Å². The van der Waals surface area contributed by atoms with Crippen molar-refractivity contribution in [2.45, 2.75) is 45.6 Å². The second-order valence-electron chi connectivity index (χ2n) is 7.99. The third-order valence-electron chi connectivity index (χ3n) is 6.39. The van der Waals surface area contributed by atoms with Gasteiger partial charge in [0, 0.05) is 50.4 Å². The summed E-state index contributed by atoms with van der Waals surface area (Å²) in [4.78, 5) is 31.6. The molecule has 0 aliphatic carbocycles. The molecule has 2 aliphatic heterocycles. The minimum absolute atomic E-state index is 0.0391. The molecule has 1 aromatic carbocycles. The molecule has 27 heavy (non-hydrogen) atoms. The fourth-order valence-corrected chi connectivity index (χ4v) is 4.40. The molecule has 2 heterocycles. The summed E-state index contributed by atoms with van der Waals surface area (Å²) in [5, 5.41) is 3.12. The van der Waals surface area contributed by atoms with Gasteiger partial charge in [-0.2, -0.15) is 0 Å². The minimum Gasteiger partial charge on any atom is -0.343 e. The van der Waals surface area contributed by atoms with Gasteiger partial charge in [-0.15, -0.1) is 0 Å². The number of hydrogen-bond acceptors (Lipinski definition) is 3. The second kappa shape index (κ2) is 7.89. The first-order valence-electron chi connectivity index (χ1n) is 9.97. The molecule has 2 fully saturated rings. The van der Waals surface area contributed by atoms with Gasteiger partial charge < -0.3 is 15.1 Å². The molecular formula is C21H32N4O2. The Morgan fingerprint density at radius 3 is 2.52 bits per heavy atom. The van der Waals surface area contributed by atoms with Crippen molar-refractivity contribution < 1.29 is 9.59 Å². The first-order valence-corrected chi connectivity index (χ1v) is 9.97. The van der Waals surface area contributed by atoms with Crippen molar-refractivity contribution in [3.05, 3.63) is 29.3 Å². The highest BCUT2D eigenvalue weighted by Gasteiger charge is 2.43. The maximum atomic E-state index is 13.0. The smallest absolute Gasteiger partial charge is 0.321 e. The molecule has 0 unspecified atom stereocenters. The van der Waals surface area contributed by atoms with Gasteiger partial charge in [-0.05, 0) is 51.8 Å². The zero-order valence-electron chi connectivity index (χ0n) is 17.0. The number of nitrogens with one attached hydrogen (secondary N) is 1. The number of carbonyl (C=O) groups is 2. The van der Waals surface area contributed by atoms with Gasteiger partial charge in [0.2, 0.25) is 5.91 Å². The number of benzene rings is 1. The van der Waals surface area contributed by atoms with E-state index in [9.17, 15) is 9.59 Å². The fourth-order valence-electron chi connectivity index (χ4n) is 4.40. The molecule has 0 radical (unpaired) electrons. The number of nitrogens with zero attached hydrogens (tertiary/aromatic N) is 3. The van der Waals surface area contributed by atoms with Crippen molar-refractivity contribution in [2.24, 2.45) is 0 Å². The normalized spacial score (nSPS) is 24.2. The number of carbonyl (C=O) groups excluding carboxylic acids is 2. The summed E-state index contributed by atoms with van der Waals surface area (Å²) in [5.41, 5.74) is 2.94. The number of urea groups is 1. The Morgan fingerprint density at radius 1 is 1.15 bits per heavy atom. The predicted octanol–water partition coefficient (Wildman–Crippen LogP) is 2.85. The van der Waals surface area contributed by atoms with Crippen LogP contribution in [0.4, 0.5) is 10.5 Å². The van der Waals surface area contributed by atoms with Crippen LogP contribution in [-0.2, 0) is 4.79 Å². The number of piperazine rings is 1. The van der Waals surface area contributed by atoms with Crippen LogP contribution in [0.5, 0.6) is 0 Å². The van der Waals surface area contributed by atoms with Crippen LogP contribution >= 0.6 is 0 Å². The lowest BCUT2D eigenvalue weighted by atomic mass is 9.86. The van der Waals surface area contributed by atoms with Gasteiger partial charge in [0.05, 0.1) is 0 Å². The van der Waals surface area contributed by atoms with Crippen LogP contribution in [0.3, 0.4) is 0 Å². The summed E-state index contributed by atoms with van der Waals surface area (Å²) in [6.45, 7) is 9.81. The molecule has 0 saturated carbocycles. The maximum absolute atomic E-state index is 13.0. The molecule has 2 aliphatic rings. The number of rotatable bonds is 2. The Labute approximate surface area is 162 Å². The van der Waals surface area contributed by atoms with Crippen molar-refractivity contribution in [1.82, 2.24) is 14.7 Å². The zero-order valence-corrected chi connectivity index (χ0v) is 17.0. The lowest BCUT2D eigenvalue weighted by Crippen LogP contribution is -2.62.